The average Bonchev–Trinajstić information content (AvgIpc) is 1.48. The molecule has 2 aromatic carbocycles. The molecule has 11 saturated carbocycles. The lowest BCUT2D eigenvalue weighted by molar-refractivity contribution is -0.188. The summed E-state index contributed by atoms with van der Waals surface area (Å²) in [4.78, 5) is 325. The van der Waals surface area contributed by atoms with Crippen LogP contribution in [0.15, 0.2) is 76.6 Å². The number of rotatable bonds is 1. The molecule has 0 spiro atoms. The highest BCUT2D eigenvalue weighted by atomic mass is 16.6. The van der Waals surface area contributed by atoms with Gasteiger partial charge in [0.05, 0.1) is 152 Å². The fourth-order valence-corrected chi connectivity index (χ4v) is 27.4. The Morgan fingerprint density at radius 1 is 0.256 bits per heavy atom. The molecular weight excluding hydrogens is 1720 g/mol. The molecule has 28 unspecified atom stereocenters. The van der Waals surface area contributed by atoms with Crippen molar-refractivity contribution < 1.29 is 181 Å². The lowest BCUT2D eigenvalue weighted by Gasteiger charge is -2.52. The zero-order chi connectivity index (χ0) is 90.8. The fraction of sp³-hybridized carbons (Fsp3) is 0.517. The van der Waals surface area contributed by atoms with Gasteiger partial charge in [-0.2, -0.15) is 0 Å². The first-order valence-electron chi connectivity index (χ1n) is 41.9. The van der Waals surface area contributed by atoms with Gasteiger partial charge >= 0.3 is 166 Å². The van der Waals surface area contributed by atoms with E-state index < -0.39 is 307 Å². The van der Waals surface area contributed by atoms with Crippen molar-refractivity contribution in [3.8, 4) is 0 Å². The molecule has 23 fully saturated rings. The van der Waals surface area contributed by atoms with Gasteiger partial charge in [0.2, 0.25) is 0 Å². The van der Waals surface area contributed by atoms with E-state index >= 15 is 0 Å². The van der Waals surface area contributed by atoms with Crippen LogP contribution in [-0.4, -0.2) is 143 Å². The van der Waals surface area contributed by atoms with Gasteiger partial charge in [-0.15, -0.1) is 0 Å². The molecule has 4 aromatic rings. The predicted molar refractivity (Wildman–Crippen MR) is 390 cm³/mol. The Morgan fingerprint density at radius 3 is 0.899 bits per heavy atom. The van der Waals surface area contributed by atoms with Crippen molar-refractivity contribution >= 4 is 165 Å². The molecule has 129 heavy (non-hydrogen) atoms. The van der Waals surface area contributed by atoms with Crippen molar-refractivity contribution in [2.24, 2.45) is 189 Å². The Bertz CT molecular complexity index is 5950. The number of hydrogen-bond donors (Lipinski definition) is 0. The van der Waals surface area contributed by atoms with Crippen LogP contribution >= 0.6 is 0 Å². The van der Waals surface area contributed by atoms with E-state index in [-0.39, 0.29) is 106 Å². The summed E-state index contributed by atoms with van der Waals surface area (Å²) in [5.41, 5.74) is -2.53. The molecule has 26 aliphatic rings. The molecule has 14 aliphatic carbocycles. The van der Waals surface area contributed by atoms with E-state index in [0.29, 0.717) is 31.2 Å². The molecule has 10 bridgehead atoms. The number of furan rings is 2. The maximum atomic E-state index is 12.1. The van der Waals surface area contributed by atoms with Crippen LogP contribution in [0.1, 0.15) is 88.2 Å². The molecular formula is C87H64O42. The molecule has 14 heterocycles. The molecule has 42 heteroatoms. The third kappa shape index (κ3) is 11.8. The second kappa shape index (κ2) is 28.8. The van der Waals surface area contributed by atoms with Gasteiger partial charge in [-0.1, -0.05) is 43.3 Å². The number of benzene rings is 2. The number of esters is 24. The summed E-state index contributed by atoms with van der Waals surface area (Å²) in [6.07, 6.45) is 8.17. The zero-order valence-corrected chi connectivity index (χ0v) is 66.4. The first-order chi connectivity index (χ1) is 61.4. The highest BCUT2D eigenvalue weighted by Gasteiger charge is 2.76. The van der Waals surface area contributed by atoms with Crippen LogP contribution in [0.4, 0.5) is 0 Å². The minimum Gasteiger partial charge on any atom is -0.393 e. The molecule has 30 rings (SSSR count). The summed E-state index contributed by atoms with van der Waals surface area (Å²) in [6.45, 7) is 1.85. The van der Waals surface area contributed by atoms with E-state index in [0.717, 1.165) is 30.5 Å². The molecule has 42 nitrogen and oxygen atoms in total. The molecule has 0 amide bonds. The van der Waals surface area contributed by atoms with E-state index in [1.807, 2.05) is 19.1 Å². The zero-order valence-electron chi connectivity index (χ0n) is 66.4. The Morgan fingerprint density at radius 2 is 0.527 bits per heavy atom. The molecule has 12 saturated heterocycles. The number of fused-ring (bicyclic) bond motifs is 23. The highest BCUT2D eigenvalue weighted by Crippen LogP contribution is 2.67. The normalized spacial score (nSPS) is 41.8. The summed E-state index contributed by atoms with van der Waals surface area (Å²) in [5, 5.41) is -0.0726. The lowest BCUT2D eigenvalue weighted by atomic mass is 9.49. The molecule has 0 radical (unpaired) electrons. The van der Waals surface area contributed by atoms with Gasteiger partial charge in [0.25, 0.3) is 0 Å². The average molecular weight is 1780 g/mol. The molecule has 2 aromatic heterocycles. The summed E-state index contributed by atoms with van der Waals surface area (Å²) in [5.74, 6) is -27.3. The van der Waals surface area contributed by atoms with Gasteiger partial charge < -0.3 is 65.7 Å². The fourth-order valence-electron chi connectivity index (χ4n) is 27.4. The van der Waals surface area contributed by atoms with Gasteiger partial charge in [-0.05, 0) is 127 Å². The smallest absolute Gasteiger partial charge is 0.346 e. The van der Waals surface area contributed by atoms with E-state index in [2.05, 4.69) is 46.7 Å². The number of carbonyl (C=O) groups is 24. The van der Waals surface area contributed by atoms with Crippen molar-refractivity contribution in [1.29, 1.82) is 0 Å². The molecule has 664 valence electrons. The van der Waals surface area contributed by atoms with E-state index in [4.69, 9.17) is 18.9 Å². The molecule has 28 atom stereocenters. The van der Waals surface area contributed by atoms with Crippen molar-refractivity contribution in [2.45, 2.75) is 82.5 Å². The lowest BCUT2D eigenvalue weighted by Crippen LogP contribution is -2.57. The van der Waals surface area contributed by atoms with Crippen molar-refractivity contribution in [1.82, 2.24) is 0 Å². The van der Waals surface area contributed by atoms with Gasteiger partial charge in [0.1, 0.15) is 0 Å². The van der Waals surface area contributed by atoms with Crippen LogP contribution in [0.2, 0.25) is 0 Å². The Kier molecular flexibility index (Phi) is 18.4. The monoisotopic (exact) mass is 1780 g/mol. The molecule has 0 N–H and O–H groups in total. The summed E-state index contributed by atoms with van der Waals surface area (Å²) >= 11 is 0. The van der Waals surface area contributed by atoms with Gasteiger partial charge in [-0.25, -0.2) is 19.2 Å². The maximum absolute atomic E-state index is 12.1. The second-order valence-electron chi connectivity index (χ2n) is 37.1. The van der Waals surface area contributed by atoms with Crippen molar-refractivity contribution in [3.63, 3.8) is 0 Å². The topological polar surface area (TPSA) is 615 Å². The van der Waals surface area contributed by atoms with Crippen LogP contribution in [0, 0.1) is 189 Å². The number of hydrogen-bond acceptors (Lipinski definition) is 42. The minimum absolute atomic E-state index is 0.00987. The first-order valence-corrected chi connectivity index (χ1v) is 41.9. The van der Waals surface area contributed by atoms with Crippen LogP contribution in [-0.2, 0) is 177 Å². The van der Waals surface area contributed by atoms with Crippen LogP contribution in [0.25, 0.3) is 21.5 Å². The van der Waals surface area contributed by atoms with E-state index in [9.17, 15) is 134 Å². The number of ether oxygens (including phenoxy) is 12. The largest absolute Gasteiger partial charge is 0.393 e. The summed E-state index contributed by atoms with van der Waals surface area (Å²) in [7, 11) is 0. The standard InChI is InChI=1S/C17H14O6.C13H12O6.2C12H10O6.C12H8O6.C11H8O6.C10H2O6/c1-17(11-6-12(18)22-15(11)20)7-9-13(16(21)23-14(9)19)8-4-2-3-5-10(8)17;14-7-3-6-4-1-2-5(8(6)11(15)18-7)10-9(4)12(16)19-13(10)17;13-6-2-4-3-1-5(7(4)10(14)17-6)9-8(3)11(15)18-12(9)16;2*13-9-5-3-1-2-4(7(5)11(15)17-9)8-6(3)10(14)18-12(8)16;12-8-4-2-1-3(6(4)10(14)16-8)7-5(2)9(13)17-11(7)15;11-7-3-1-4-6(10(14)16-8(4)12)2-5(3)9(13)15-7/h2-5,9,11,13H,6-7H2,1H3;4-6,8-10H,1-3H2;3-5,7-9H,1-2H2;3-8H,1-2H2;1-8H;2-7H,1H2;1-2H. The summed E-state index contributed by atoms with van der Waals surface area (Å²) in [6, 6.07) is 9.53. The van der Waals surface area contributed by atoms with Gasteiger partial charge in [-0.3, -0.25) is 115 Å². The third-order valence-corrected chi connectivity index (χ3v) is 32.0. The van der Waals surface area contributed by atoms with E-state index in [1.54, 1.807) is 24.3 Å². The first kappa shape index (κ1) is 82.1. The maximum Gasteiger partial charge on any atom is 0.346 e. The van der Waals surface area contributed by atoms with Gasteiger partial charge in [0, 0.05) is 30.1 Å². The summed E-state index contributed by atoms with van der Waals surface area (Å²) < 4.78 is 64.8. The molecule has 12 aliphatic heterocycles. The van der Waals surface area contributed by atoms with Crippen molar-refractivity contribution in [3.05, 3.63) is 101 Å². The Balaban J connectivity index is 0.0000000915. The Hall–Kier alpha value is -13.9. The highest BCUT2D eigenvalue weighted by molar-refractivity contribution is 6.08. The quantitative estimate of drug-likeness (QED) is 0.0933. The van der Waals surface area contributed by atoms with Gasteiger partial charge in [0.15, 0.2) is 0 Å². The van der Waals surface area contributed by atoms with E-state index in [1.165, 1.54) is 0 Å². The van der Waals surface area contributed by atoms with Crippen LogP contribution < -0.4 is 22.5 Å². The Labute approximate surface area is 715 Å². The predicted octanol–water partition coefficient (Wildman–Crippen LogP) is -1.22. The second-order valence-corrected chi connectivity index (χ2v) is 37.1. The van der Waals surface area contributed by atoms with Crippen molar-refractivity contribution in [2.75, 3.05) is 0 Å². The third-order valence-electron chi connectivity index (χ3n) is 32.0. The van der Waals surface area contributed by atoms with Crippen LogP contribution in [0.5, 0.6) is 0 Å². The number of allylic oxidation sites excluding steroid dienone is 2. The number of carbonyl (C=O) groups excluding carboxylic acids is 24. The SMILES string of the molecule is CC1(C2CC(=O)OC2=O)CC2C(=O)OC(=O)C2c2ccccc21.O=C1CC2C3CC(C2C(=O)O1)C1C(=O)OC(=O)C31.O=C1CC2C3CCC(C2C(=O)O1)C1C(=O)OC(=O)C31.O=C1OC(=O)C2C3C=CC(C12)C1C(=O)OC(=O)C31.O=C1OC(=O)C2C3CC(C12)C1C(=O)OC(=O)C31.O=C1OC(=O)C2C3CCC(C12)C1C(=O)OC(=O)C31.O=c1oc(=O)c2cc3c(=O)oc(=O)c3cc12. The van der Waals surface area contributed by atoms with Crippen LogP contribution in [0.3, 0.4) is 0 Å². The minimum atomic E-state index is -0.824. The number of cyclic esters (lactones) is 24.